The van der Waals surface area contributed by atoms with E-state index in [1.54, 1.807) is 5.38 Å². The molecule has 0 amide bonds. The van der Waals surface area contributed by atoms with Crippen LogP contribution in [0.3, 0.4) is 0 Å². The fraction of sp³-hybridized carbons (Fsp3) is 0.167. The summed E-state index contributed by atoms with van der Waals surface area (Å²) in [5.74, 6) is -1.15. The molecule has 0 fully saturated rings. The largest absolute Gasteiger partial charge is 0.476 e. The molecule has 5 nitrogen and oxygen atoms in total. The second-order valence-corrected chi connectivity index (χ2v) is 2.52. The van der Waals surface area contributed by atoms with Crippen LogP contribution in [-0.2, 0) is 9.63 Å². The van der Waals surface area contributed by atoms with Crippen molar-refractivity contribution in [3.05, 3.63) is 16.6 Å². The zero-order valence-electron chi connectivity index (χ0n) is 6.22. The summed E-state index contributed by atoms with van der Waals surface area (Å²) in [4.78, 5) is 18.7. The summed E-state index contributed by atoms with van der Waals surface area (Å²) in [6, 6.07) is 0. The van der Waals surface area contributed by atoms with E-state index in [0.717, 1.165) is 0 Å². The number of carboxylic acids is 1. The number of aliphatic carboxylic acids is 1. The second-order valence-electron chi connectivity index (χ2n) is 1.80. The van der Waals surface area contributed by atoms with Crippen molar-refractivity contribution < 1.29 is 14.7 Å². The maximum absolute atomic E-state index is 10.5. The topological polar surface area (TPSA) is 71.8 Å². The van der Waals surface area contributed by atoms with Crippen LogP contribution in [0.4, 0.5) is 0 Å². The van der Waals surface area contributed by atoms with Crippen LogP contribution in [0.1, 0.15) is 5.69 Å². The lowest BCUT2D eigenvalue weighted by Crippen LogP contribution is -2.15. The van der Waals surface area contributed by atoms with E-state index in [2.05, 4.69) is 15.0 Å². The maximum atomic E-state index is 10.5. The van der Waals surface area contributed by atoms with Gasteiger partial charge in [-0.15, -0.1) is 11.3 Å². The molecule has 1 rings (SSSR count). The van der Waals surface area contributed by atoms with Gasteiger partial charge in [-0.3, -0.25) is 0 Å². The lowest BCUT2D eigenvalue weighted by molar-refractivity contribution is -0.129. The molecule has 1 aromatic heterocycles. The van der Waals surface area contributed by atoms with E-state index >= 15 is 0 Å². The van der Waals surface area contributed by atoms with Gasteiger partial charge < -0.3 is 9.94 Å². The Morgan fingerprint density at radius 2 is 2.58 bits per heavy atom. The highest BCUT2D eigenvalue weighted by Crippen LogP contribution is 2.03. The van der Waals surface area contributed by atoms with Crippen LogP contribution in [0, 0.1) is 0 Å². The zero-order valence-corrected chi connectivity index (χ0v) is 7.04. The average Bonchev–Trinajstić information content (AvgIpc) is 2.51. The molecular formula is C6H6N2O3S. The highest BCUT2D eigenvalue weighted by molar-refractivity contribution is 7.07. The summed E-state index contributed by atoms with van der Waals surface area (Å²) < 4.78 is 0. The Kier molecular flexibility index (Phi) is 2.76. The molecule has 0 aromatic carbocycles. The van der Waals surface area contributed by atoms with Gasteiger partial charge in [0.15, 0.2) is 0 Å². The summed E-state index contributed by atoms with van der Waals surface area (Å²) >= 11 is 1.30. The monoisotopic (exact) mass is 186 g/mol. The van der Waals surface area contributed by atoms with E-state index in [4.69, 9.17) is 5.11 Å². The minimum absolute atomic E-state index is 0.182. The van der Waals surface area contributed by atoms with E-state index < -0.39 is 5.97 Å². The molecular weight excluding hydrogens is 180 g/mol. The molecule has 0 saturated carbocycles. The van der Waals surface area contributed by atoms with Gasteiger partial charge in [0.25, 0.3) is 0 Å². The SMILES string of the molecule is CO/N=C(/C(=O)O)c1cscn1. The third-order valence-corrected chi connectivity index (χ3v) is 1.65. The smallest absolute Gasteiger partial charge is 0.360 e. The first-order valence-corrected chi connectivity index (χ1v) is 3.93. The van der Waals surface area contributed by atoms with Gasteiger partial charge in [0.1, 0.15) is 12.8 Å². The molecule has 1 aromatic rings. The Bertz CT molecular complexity index is 294. The first-order valence-electron chi connectivity index (χ1n) is 2.98. The molecule has 64 valence electrons. The standard InChI is InChI=1S/C6H6N2O3S/c1-11-8-5(6(9)10)4-2-12-3-7-4/h2-3H,1H3,(H,9,10)/b8-5+. The predicted molar refractivity (Wildman–Crippen MR) is 43.3 cm³/mol. The number of hydrogen-bond acceptors (Lipinski definition) is 5. The Morgan fingerprint density at radius 3 is 3.00 bits per heavy atom. The van der Waals surface area contributed by atoms with Gasteiger partial charge in [-0.2, -0.15) is 0 Å². The normalized spacial score (nSPS) is 11.2. The summed E-state index contributed by atoms with van der Waals surface area (Å²) in [5.41, 5.74) is 1.66. The fourth-order valence-corrected chi connectivity index (χ4v) is 1.15. The van der Waals surface area contributed by atoms with Crippen molar-refractivity contribution in [3.63, 3.8) is 0 Å². The number of oxime groups is 1. The number of rotatable bonds is 3. The van der Waals surface area contributed by atoms with Crippen molar-refractivity contribution >= 4 is 23.0 Å². The molecule has 0 unspecified atom stereocenters. The summed E-state index contributed by atoms with van der Waals surface area (Å²) in [5, 5.41) is 13.5. The van der Waals surface area contributed by atoms with Gasteiger partial charge in [-0.1, -0.05) is 5.16 Å². The van der Waals surface area contributed by atoms with Crippen molar-refractivity contribution in [1.29, 1.82) is 0 Å². The van der Waals surface area contributed by atoms with E-state index in [0.29, 0.717) is 5.69 Å². The molecule has 0 bridgehead atoms. The van der Waals surface area contributed by atoms with Gasteiger partial charge in [0.2, 0.25) is 5.71 Å². The van der Waals surface area contributed by atoms with Crippen LogP contribution in [0.5, 0.6) is 0 Å². The molecule has 0 radical (unpaired) electrons. The third kappa shape index (κ3) is 1.79. The number of nitrogens with zero attached hydrogens (tertiary/aromatic N) is 2. The molecule has 0 spiro atoms. The van der Waals surface area contributed by atoms with E-state index in [9.17, 15) is 4.79 Å². The molecule has 6 heteroatoms. The molecule has 0 aliphatic heterocycles. The summed E-state index contributed by atoms with van der Waals surface area (Å²) in [6.07, 6.45) is 0. The third-order valence-electron chi connectivity index (χ3n) is 1.06. The molecule has 0 aliphatic rings. The van der Waals surface area contributed by atoms with Crippen LogP contribution in [0.25, 0.3) is 0 Å². The first-order chi connectivity index (χ1) is 5.75. The second kappa shape index (κ2) is 3.82. The van der Waals surface area contributed by atoms with Gasteiger partial charge in [-0.25, -0.2) is 9.78 Å². The Balaban J connectivity index is 2.96. The quantitative estimate of drug-likeness (QED) is 0.553. The first kappa shape index (κ1) is 8.66. The van der Waals surface area contributed by atoms with Crippen molar-refractivity contribution in [2.45, 2.75) is 0 Å². The zero-order chi connectivity index (χ0) is 8.97. The number of thiazole rings is 1. The van der Waals surface area contributed by atoms with Crippen LogP contribution in [0.15, 0.2) is 16.0 Å². The van der Waals surface area contributed by atoms with Crippen molar-refractivity contribution in [2.75, 3.05) is 7.11 Å². The molecule has 0 saturated heterocycles. The maximum Gasteiger partial charge on any atom is 0.360 e. The van der Waals surface area contributed by atoms with E-state index in [1.165, 1.54) is 24.0 Å². The van der Waals surface area contributed by atoms with Crippen LogP contribution in [-0.4, -0.2) is 28.9 Å². The lowest BCUT2D eigenvalue weighted by Gasteiger charge is -1.93. The number of aromatic nitrogens is 1. The molecule has 0 atom stereocenters. The van der Waals surface area contributed by atoms with Crippen LogP contribution in [0.2, 0.25) is 0 Å². The molecule has 12 heavy (non-hydrogen) atoms. The summed E-state index contributed by atoms with van der Waals surface area (Å²) in [6.45, 7) is 0. The minimum atomic E-state index is -1.15. The van der Waals surface area contributed by atoms with Gasteiger partial charge in [0.05, 0.1) is 5.51 Å². The Labute approximate surface area is 72.3 Å². The Morgan fingerprint density at radius 1 is 1.83 bits per heavy atom. The highest BCUT2D eigenvalue weighted by atomic mass is 32.1. The lowest BCUT2D eigenvalue weighted by atomic mass is 10.3. The van der Waals surface area contributed by atoms with E-state index in [-0.39, 0.29) is 5.71 Å². The fourth-order valence-electron chi connectivity index (χ4n) is 0.616. The predicted octanol–water partition coefficient (Wildman–Crippen LogP) is 0.578. The summed E-state index contributed by atoms with van der Waals surface area (Å²) in [7, 11) is 1.29. The Hall–Kier alpha value is -1.43. The molecule has 1 N–H and O–H groups in total. The molecule has 0 aliphatic carbocycles. The number of carboxylic acid groups (broad SMARTS) is 1. The minimum Gasteiger partial charge on any atom is -0.476 e. The van der Waals surface area contributed by atoms with Gasteiger partial charge in [0, 0.05) is 5.38 Å². The van der Waals surface area contributed by atoms with Crippen molar-refractivity contribution in [2.24, 2.45) is 5.16 Å². The highest BCUT2D eigenvalue weighted by Gasteiger charge is 2.14. The van der Waals surface area contributed by atoms with Gasteiger partial charge >= 0.3 is 5.97 Å². The average molecular weight is 186 g/mol. The van der Waals surface area contributed by atoms with Crippen molar-refractivity contribution in [3.8, 4) is 0 Å². The van der Waals surface area contributed by atoms with E-state index in [1.807, 2.05) is 0 Å². The van der Waals surface area contributed by atoms with Crippen LogP contribution < -0.4 is 0 Å². The number of hydrogen-bond donors (Lipinski definition) is 1. The van der Waals surface area contributed by atoms with Crippen LogP contribution >= 0.6 is 11.3 Å². The van der Waals surface area contributed by atoms with Gasteiger partial charge in [-0.05, 0) is 0 Å². The number of carbonyl (C=O) groups is 1. The molecule has 1 heterocycles. The van der Waals surface area contributed by atoms with Crippen molar-refractivity contribution in [1.82, 2.24) is 4.98 Å².